The number of aryl methyl sites for hydroxylation is 1. The van der Waals surface area contributed by atoms with Crippen LogP contribution in [-0.4, -0.2) is 54.3 Å². The second-order valence-corrected chi connectivity index (χ2v) is 7.20. The highest BCUT2D eigenvalue weighted by molar-refractivity contribution is 7.12. The largest absolute Gasteiger partial charge is 0.376 e. The molecule has 1 fully saturated rings. The third-order valence-corrected chi connectivity index (χ3v) is 5.54. The van der Waals surface area contributed by atoms with E-state index in [1.165, 1.54) is 22.5 Å². The molecule has 3 rings (SSSR count). The highest BCUT2D eigenvalue weighted by atomic mass is 32.1. The SMILES string of the molecule is Cc1cccc(NCC(=O)N2CCN(C(=O)c3cccs3)CC2)c1C. The Morgan fingerprint density at radius 3 is 2.44 bits per heavy atom. The van der Waals surface area contributed by atoms with Gasteiger partial charge in [0.1, 0.15) is 0 Å². The first-order valence-electron chi connectivity index (χ1n) is 8.47. The van der Waals surface area contributed by atoms with Gasteiger partial charge >= 0.3 is 0 Å². The first-order valence-corrected chi connectivity index (χ1v) is 9.35. The molecular weight excluding hydrogens is 334 g/mol. The molecule has 132 valence electrons. The van der Waals surface area contributed by atoms with Crippen LogP contribution in [0.3, 0.4) is 0 Å². The molecule has 1 aliphatic heterocycles. The van der Waals surface area contributed by atoms with E-state index >= 15 is 0 Å². The van der Waals surface area contributed by atoms with Crippen LogP contribution >= 0.6 is 11.3 Å². The van der Waals surface area contributed by atoms with Crippen LogP contribution in [0.2, 0.25) is 0 Å². The Bertz CT molecular complexity index is 750. The van der Waals surface area contributed by atoms with Crippen molar-refractivity contribution in [2.24, 2.45) is 0 Å². The van der Waals surface area contributed by atoms with Crippen LogP contribution in [0.25, 0.3) is 0 Å². The maximum Gasteiger partial charge on any atom is 0.264 e. The smallest absolute Gasteiger partial charge is 0.264 e. The van der Waals surface area contributed by atoms with Crippen LogP contribution in [0, 0.1) is 13.8 Å². The predicted octanol–water partition coefficient (Wildman–Crippen LogP) is 2.76. The van der Waals surface area contributed by atoms with E-state index in [4.69, 9.17) is 0 Å². The average molecular weight is 357 g/mol. The maximum absolute atomic E-state index is 12.4. The Kier molecular flexibility index (Phi) is 5.38. The van der Waals surface area contributed by atoms with Crippen molar-refractivity contribution in [3.8, 4) is 0 Å². The van der Waals surface area contributed by atoms with Gasteiger partial charge in [-0.25, -0.2) is 0 Å². The Morgan fingerprint density at radius 1 is 1.04 bits per heavy atom. The number of hydrogen-bond donors (Lipinski definition) is 1. The molecule has 2 aromatic rings. The summed E-state index contributed by atoms with van der Waals surface area (Å²) in [5, 5.41) is 5.15. The van der Waals surface area contributed by atoms with Crippen molar-refractivity contribution < 1.29 is 9.59 Å². The molecule has 2 amide bonds. The highest BCUT2D eigenvalue weighted by Crippen LogP contribution is 2.18. The topological polar surface area (TPSA) is 52.7 Å². The Morgan fingerprint density at radius 2 is 1.76 bits per heavy atom. The van der Waals surface area contributed by atoms with Gasteiger partial charge in [0.25, 0.3) is 5.91 Å². The summed E-state index contributed by atoms with van der Waals surface area (Å²) in [6.45, 7) is 6.75. The molecule has 1 aliphatic rings. The normalized spacial score (nSPS) is 14.5. The predicted molar refractivity (Wildman–Crippen MR) is 101 cm³/mol. The zero-order chi connectivity index (χ0) is 17.8. The number of carbonyl (C=O) groups excluding carboxylic acids is 2. The van der Waals surface area contributed by atoms with Crippen molar-refractivity contribution in [1.29, 1.82) is 0 Å². The second kappa shape index (κ2) is 7.70. The molecule has 1 aromatic carbocycles. The van der Waals surface area contributed by atoms with E-state index in [0.29, 0.717) is 26.2 Å². The van der Waals surface area contributed by atoms with Crippen LogP contribution in [-0.2, 0) is 4.79 Å². The highest BCUT2D eigenvalue weighted by Gasteiger charge is 2.25. The van der Waals surface area contributed by atoms with E-state index in [1.807, 2.05) is 39.4 Å². The fourth-order valence-corrected chi connectivity index (χ4v) is 3.63. The zero-order valence-corrected chi connectivity index (χ0v) is 15.4. The molecule has 2 heterocycles. The number of nitrogens with zero attached hydrogens (tertiary/aromatic N) is 2. The van der Waals surface area contributed by atoms with E-state index < -0.39 is 0 Å². The van der Waals surface area contributed by atoms with Crippen molar-refractivity contribution in [3.63, 3.8) is 0 Å². The molecule has 0 unspecified atom stereocenters. The Hall–Kier alpha value is -2.34. The minimum Gasteiger partial charge on any atom is -0.376 e. The molecule has 0 radical (unpaired) electrons. The number of benzene rings is 1. The van der Waals surface area contributed by atoms with E-state index in [9.17, 15) is 9.59 Å². The number of anilines is 1. The summed E-state index contributed by atoms with van der Waals surface area (Å²) in [4.78, 5) is 29.2. The molecular formula is C19H23N3O2S. The number of rotatable bonds is 4. The van der Waals surface area contributed by atoms with Crippen LogP contribution in [0.4, 0.5) is 5.69 Å². The minimum atomic E-state index is 0.0654. The van der Waals surface area contributed by atoms with Crippen molar-refractivity contribution in [2.75, 3.05) is 38.0 Å². The molecule has 0 saturated carbocycles. The minimum absolute atomic E-state index is 0.0654. The molecule has 0 bridgehead atoms. The lowest BCUT2D eigenvalue weighted by molar-refractivity contribution is -0.130. The molecule has 6 heteroatoms. The fraction of sp³-hybridized carbons (Fsp3) is 0.368. The first-order chi connectivity index (χ1) is 12.1. The number of nitrogens with one attached hydrogen (secondary N) is 1. The van der Waals surface area contributed by atoms with Gasteiger partial charge in [0.2, 0.25) is 5.91 Å². The molecule has 1 aromatic heterocycles. The fourth-order valence-electron chi connectivity index (χ4n) is 2.94. The molecule has 0 aliphatic carbocycles. The van der Waals surface area contributed by atoms with Crippen molar-refractivity contribution in [3.05, 3.63) is 51.7 Å². The van der Waals surface area contributed by atoms with Gasteiger partial charge in [-0.1, -0.05) is 18.2 Å². The van der Waals surface area contributed by atoms with Gasteiger partial charge in [0, 0.05) is 31.9 Å². The number of hydrogen-bond acceptors (Lipinski definition) is 4. The van der Waals surface area contributed by atoms with E-state index in [2.05, 4.69) is 25.2 Å². The average Bonchev–Trinajstić information content (AvgIpc) is 3.17. The second-order valence-electron chi connectivity index (χ2n) is 6.25. The third kappa shape index (κ3) is 4.02. The molecule has 1 N–H and O–H groups in total. The lowest BCUT2D eigenvalue weighted by atomic mass is 10.1. The number of piperazine rings is 1. The van der Waals surface area contributed by atoms with Crippen molar-refractivity contribution in [1.82, 2.24) is 9.80 Å². The molecule has 0 atom stereocenters. The van der Waals surface area contributed by atoms with Crippen molar-refractivity contribution >= 4 is 28.8 Å². The molecule has 5 nitrogen and oxygen atoms in total. The van der Waals surface area contributed by atoms with Gasteiger partial charge in [-0.05, 0) is 42.5 Å². The summed E-state index contributed by atoms with van der Waals surface area (Å²) in [5.41, 5.74) is 3.37. The first kappa shape index (κ1) is 17.5. The van der Waals surface area contributed by atoms with E-state index in [-0.39, 0.29) is 18.4 Å². The van der Waals surface area contributed by atoms with Gasteiger partial charge in [-0.2, -0.15) is 0 Å². The maximum atomic E-state index is 12.4. The zero-order valence-electron chi connectivity index (χ0n) is 14.6. The van der Waals surface area contributed by atoms with Crippen LogP contribution < -0.4 is 5.32 Å². The van der Waals surface area contributed by atoms with Crippen LogP contribution in [0.15, 0.2) is 35.7 Å². The van der Waals surface area contributed by atoms with Gasteiger partial charge < -0.3 is 15.1 Å². The van der Waals surface area contributed by atoms with Crippen LogP contribution in [0.5, 0.6) is 0 Å². The Labute approximate surface area is 152 Å². The monoisotopic (exact) mass is 357 g/mol. The van der Waals surface area contributed by atoms with Crippen LogP contribution in [0.1, 0.15) is 20.8 Å². The Balaban J connectivity index is 1.50. The van der Waals surface area contributed by atoms with Gasteiger partial charge in [-0.3, -0.25) is 9.59 Å². The van der Waals surface area contributed by atoms with E-state index in [0.717, 1.165) is 10.6 Å². The molecule has 1 saturated heterocycles. The van der Waals surface area contributed by atoms with Gasteiger partial charge in [-0.15, -0.1) is 11.3 Å². The number of amides is 2. The van der Waals surface area contributed by atoms with Crippen molar-refractivity contribution in [2.45, 2.75) is 13.8 Å². The van der Waals surface area contributed by atoms with Gasteiger partial charge in [0.15, 0.2) is 0 Å². The summed E-state index contributed by atoms with van der Waals surface area (Å²) < 4.78 is 0. The summed E-state index contributed by atoms with van der Waals surface area (Å²) in [5.74, 6) is 0.139. The number of thiophene rings is 1. The summed E-state index contributed by atoms with van der Waals surface area (Å²) >= 11 is 1.46. The van der Waals surface area contributed by atoms with E-state index in [1.54, 1.807) is 0 Å². The lowest BCUT2D eigenvalue weighted by Gasteiger charge is -2.34. The lowest BCUT2D eigenvalue weighted by Crippen LogP contribution is -2.51. The quantitative estimate of drug-likeness (QED) is 0.915. The number of carbonyl (C=O) groups is 2. The molecule has 0 spiro atoms. The standard InChI is InChI=1S/C19H23N3O2S/c1-14-5-3-6-16(15(14)2)20-13-18(23)21-8-10-22(11-9-21)19(24)17-7-4-12-25-17/h3-7,12,20H,8-11,13H2,1-2H3. The summed E-state index contributed by atoms with van der Waals surface area (Å²) in [6, 6.07) is 9.78. The molecule has 25 heavy (non-hydrogen) atoms. The summed E-state index contributed by atoms with van der Waals surface area (Å²) in [7, 11) is 0. The van der Waals surface area contributed by atoms with Gasteiger partial charge in [0.05, 0.1) is 11.4 Å². The summed E-state index contributed by atoms with van der Waals surface area (Å²) in [6.07, 6.45) is 0. The third-order valence-electron chi connectivity index (χ3n) is 4.69.